The lowest BCUT2D eigenvalue weighted by atomic mass is 10.0. The molecule has 0 fully saturated rings. The Balaban J connectivity index is 2.01. The van der Waals surface area contributed by atoms with Gasteiger partial charge in [-0.3, -0.25) is 4.40 Å². The monoisotopic (exact) mass is 342 g/mol. The van der Waals surface area contributed by atoms with E-state index in [-0.39, 0.29) is 6.61 Å². The Kier molecular flexibility index (Phi) is 3.49. The van der Waals surface area contributed by atoms with Crippen molar-refractivity contribution in [2.75, 3.05) is 0 Å². The van der Waals surface area contributed by atoms with Gasteiger partial charge in [-0.25, -0.2) is 4.98 Å². The van der Waals surface area contributed by atoms with Crippen LogP contribution in [0.25, 0.3) is 27.7 Å². The van der Waals surface area contributed by atoms with E-state index in [2.05, 4.69) is 23.2 Å². The highest BCUT2D eigenvalue weighted by atomic mass is 35.5. The molecule has 0 saturated carbocycles. The molecule has 0 atom stereocenters. The van der Waals surface area contributed by atoms with Gasteiger partial charge in [0.15, 0.2) is 5.65 Å². The fraction of sp³-hybridized carbons (Fsp3) is 0.0556. The maximum absolute atomic E-state index is 9.81. The number of hydrogen-bond acceptors (Lipinski definition) is 2. The highest BCUT2D eigenvalue weighted by Crippen LogP contribution is 2.31. The average Bonchev–Trinajstić information content (AvgIpc) is 2.93. The number of hydrogen-bond donors (Lipinski definition) is 1. The van der Waals surface area contributed by atoms with E-state index in [1.807, 2.05) is 24.3 Å². The van der Waals surface area contributed by atoms with E-state index in [4.69, 9.17) is 23.2 Å². The summed E-state index contributed by atoms with van der Waals surface area (Å²) < 4.78 is 1.75. The summed E-state index contributed by atoms with van der Waals surface area (Å²) in [6.45, 7) is -0.153. The van der Waals surface area contributed by atoms with Crippen LogP contribution >= 0.6 is 23.2 Å². The first-order valence-electron chi connectivity index (χ1n) is 7.13. The first-order valence-corrected chi connectivity index (χ1v) is 7.89. The molecule has 0 aliphatic rings. The Morgan fingerprint density at radius 3 is 2.57 bits per heavy atom. The SMILES string of the molecule is OCc1c(-c2ccc3ccccc3c2)nc2c(Cl)cc(Cl)cn12. The van der Waals surface area contributed by atoms with Crippen molar-refractivity contribution in [1.29, 1.82) is 0 Å². The van der Waals surface area contributed by atoms with Gasteiger partial charge in [-0.15, -0.1) is 0 Å². The highest BCUT2D eigenvalue weighted by molar-refractivity contribution is 6.36. The van der Waals surface area contributed by atoms with E-state index >= 15 is 0 Å². The second-order valence-corrected chi connectivity index (χ2v) is 6.17. The van der Waals surface area contributed by atoms with Gasteiger partial charge in [-0.1, -0.05) is 59.6 Å². The van der Waals surface area contributed by atoms with Gasteiger partial charge in [-0.05, 0) is 22.9 Å². The molecule has 4 aromatic rings. The molecule has 2 aromatic carbocycles. The Hall–Kier alpha value is -2.07. The van der Waals surface area contributed by atoms with Crippen molar-refractivity contribution in [3.05, 3.63) is 70.5 Å². The quantitative estimate of drug-likeness (QED) is 0.559. The number of benzene rings is 2. The van der Waals surface area contributed by atoms with Crippen molar-refractivity contribution >= 4 is 39.6 Å². The molecule has 0 aliphatic heterocycles. The van der Waals surface area contributed by atoms with Gasteiger partial charge in [0.1, 0.15) is 0 Å². The number of halogens is 2. The molecule has 2 aromatic heterocycles. The van der Waals surface area contributed by atoms with Crippen LogP contribution in [0.15, 0.2) is 54.7 Å². The van der Waals surface area contributed by atoms with Gasteiger partial charge >= 0.3 is 0 Å². The van der Waals surface area contributed by atoms with Gasteiger partial charge in [0.05, 0.1) is 28.0 Å². The normalized spacial score (nSPS) is 11.4. The van der Waals surface area contributed by atoms with Crippen LogP contribution in [-0.2, 0) is 6.61 Å². The third-order valence-corrected chi connectivity index (χ3v) is 4.40. The van der Waals surface area contributed by atoms with E-state index in [1.165, 1.54) is 0 Å². The summed E-state index contributed by atoms with van der Waals surface area (Å²) in [7, 11) is 0. The van der Waals surface area contributed by atoms with Gasteiger partial charge in [0, 0.05) is 11.8 Å². The summed E-state index contributed by atoms with van der Waals surface area (Å²) in [5.74, 6) is 0. The maximum atomic E-state index is 9.81. The molecule has 4 rings (SSSR count). The van der Waals surface area contributed by atoms with Gasteiger partial charge in [0.25, 0.3) is 0 Å². The zero-order valence-electron chi connectivity index (χ0n) is 12.0. The van der Waals surface area contributed by atoms with Gasteiger partial charge in [-0.2, -0.15) is 0 Å². The molecule has 114 valence electrons. The molecule has 0 bridgehead atoms. The van der Waals surface area contributed by atoms with Crippen molar-refractivity contribution < 1.29 is 5.11 Å². The summed E-state index contributed by atoms with van der Waals surface area (Å²) in [6, 6.07) is 15.9. The van der Waals surface area contributed by atoms with Crippen LogP contribution in [0, 0.1) is 0 Å². The van der Waals surface area contributed by atoms with Crippen molar-refractivity contribution in [3.63, 3.8) is 0 Å². The number of nitrogens with zero attached hydrogens (tertiary/aromatic N) is 2. The van der Waals surface area contributed by atoms with Gasteiger partial charge < -0.3 is 5.11 Å². The Bertz CT molecular complexity index is 1040. The molecule has 1 N–H and O–H groups in total. The molecular formula is C18H12Cl2N2O. The number of pyridine rings is 1. The molecule has 0 radical (unpaired) electrons. The van der Waals surface area contributed by atoms with E-state index in [9.17, 15) is 5.11 Å². The first-order chi connectivity index (χ1) is 11.2. The van der Waals surface area contributed by atoms with Crippen molar-refractivity contribution in [2.24, 2.45) is 0 Å². The zero-order valence-corrected chi connectivity index (χ0v) is 13.5. The second-order valence-electron chi connectivity index (χ2n) is 5.33. The van der Waals surface area contributed by atoms with Crippen LogP contribution in [0.5, 0.6) is 0 Å². The van der Waals surface area contributed by atoms with E-state index in [0.29, 0.717) is 27.1 Å². The van der Waals surface area contributed by atoms with Crippen molar-refractivity contribution in [2.45, 2.75) is 6.61 Å². The summed E-state index contributed by atoms with van der Waals surface area (Å²) in [5.41, 5.74) is 2.90. The number of aliphatic hydroxyl groups is 1. The number of aliphatic hydroxyl groups excluding tert-OH is 1. The van der Waals surface area contributed by atoms with Gasteiger partial charge in [0.2, 0.25) is 0 Å². The molecule has 23 heavy (non-hydrogen) atoms. The second kappa shape index (κ2) is 5.53. The summed E-state index contributed by atoms with van der Waals surface area (Å²) in [4.78, 5) is 4.61. The zero-order chi connectivity index (χ0) is 16.0. The molecule has 0 unspecified atom stereocenters. The largest absolute Gasteiger partial charge is 0.390 e. The lowest BCUT2D eigenvalue weighted by molar-refractivity contribution is 0.276. The Morgan fingerprint density at radius 1 is 1.00 bits per heavy atom. The summed E-state index contributed by atoms with van der Waals surface area (Å²) in [5, 5.41) is 13.1. The number of rotatable bonds is 2. The van der Waals surface area contributed by atoms with Crippen LogP contribution < -0.4 is 0 Å². The summed E-state index contributed by atoms with van der Waals surface area (Å²) in [6.07, 6.45) is 1.71. The fourth-order valence-electron chi connectivity index (χ4n) is 2.84. The predicted octanol–water partition coefficient (Wildman–Crippen LogP) is 4.95. The molecule has 3 nitrogen and oxygen atoms in total. The minimum Gasteiger partial charge on any atom is -0.390 e. The topological polar surface area (TPSA) is 37.5 Å². The Labute approximate surface area is 142 Å². The van der Waals surface area contributed by atoms with Crippen LogP contribution in [0.2, 0.25) is 10.0 Å². The lowest BCUT2D eigenvalue weighted by Crippen LogP contribution is -1.94. The smallest absolute Gasteiger partial charge is 0.156 e. The minimum absolute atomic E-state index is 0.153. The molecular weight excluding hydrogens is 331 g/mol. The first kappa shape index (κ1) is 14.5. The van der Waals surface area contributed by atoms with Crippen molar-refractivity contribution in [1.82, 2.24) is 9.38 Å². The fourth-order valence-corrected chi connectivity index (χ4v) is 3.35. The molecule has 2 heterocycles. The average molecular weight is 343 g/mol. The predicted molar refractivity (Wildman–Crippen MR) is 94.1 cm³/mol. The molecule has 0 aliphatic carbocycles. The standard InChI is InChI=1S/C18H12Cl2N2O/c19-14-8-15(20)18-21-17(16(10-23)22(18)9-14)13-6-5-11-3-1-2-4-12(11)7-13/h1-9,23H,10H2. The molecule has 0 spiro atoms. The summed E-state index contributed by atoms with van der Waals surface area (Å²) >= 11 is 12.3. The van der Waals surface area contributed by atoms with E-state index in [0.717, 1.165) is 16.3 Å². The molecule has 0 saturated heterocycles. The van der Waals surface area contributed by atoms with Crippen LogP contribution in [0.3, 0.4) is 0 Å². The minimum atomic E-state index is -0.153. The van der Waals surface area contributed by atoms with Crippen molar-refractivity contribution in [3.8, 4) is 11.3 Å². The van der Waals surface area contributed by atoms with Crippen LogP contribution in [-0.4, -0.2) is 14.5 Å². The highest BCUT2D eigenvalue weighted by Gasteiger charge is 2.16. The van der Waals surface area contributed by atoms with Crippen LogP contribution in [0.4, 0.5) is 0 Å². The number of aromatic nitrogens is 2. The molecule has 0 amide bonds. The van der Waals surface area contributed by atoms with E-state index < -0.39 is 0 Å². The third kappa shape index (κ3) is 2.38. The Morgan fingerprint density at radius 2 is 1.78 bits per heavy atom. The number of fused-ring (bicyclic) bond motifs is 2. The lowest BCUT2D eigenvalue weighted by Gasteiger charge is -2.04. The van der Waals surface area contributed by atoms with E-state index in [1.54, 1.807) is 16.7 Å². The molecule has 5 heteroatoms. The maximum Gasteiger partial charge on any atom is 0.156 e. The number of imidazole rings is 1. The third-order valence-electron chi connectivity index (χ3n) is 3.91. The van der Waals surface area contributed by atoms with Crippen LogP contribution in [0.1, 0.15) is 5.69 Å².